The van der Waals surface area contributed by atoms with Gasteiger partial charge in [0.1, 0.15) is 11.9 Å². The van der Waals surface area contributed by atoms with Crippen molar-refractivity contribution < 1.29 is 14.3 Å². The number of para-hydroxylation sites is 2. The summed E-state index contributed by atoms with van der Waals surface area (Å²) in [6, 6.07) is 13.4. The van der Waals surface area contributed by atoms with Crippen LogP contribution in [-0.4, -0.2) is 35.1 Å². The number of halogens is 1. The van der Waals surface area contributed by atoms with E-state index in [9.17, 15) is 9.59 Å². The van der Waals surface area contributed by atoms with Crippen molar-refractivity contribution in [2.45, 2.75) is 26.4 Å². The zero-order chi connectivity index (χ0) is 22.4. The molecule has 31 heavy (non-hydrogen) atoms. The predicted molar refractivity (Wildman–Crippen MR) is 121 cm³/mol. The number of carbonyl (C=O) groups excluding carboxylic acids is 2. The number of ether oxygens (including phenoxy) is 1. The average molecular weight is 442 g/mol. The summed E-state index contributed by atoms with van der Waals surface area (Å²) in [6.07, 6.45) is 0. The molecule has 0 saturated heterocycles. The Bertz CT molecular complexity index is 1090. The quantitative estimate of drug-likeness (QED) is 0.474. The van der Waals surface area contributed by atoms with E-state index >= 15 is 0 Å². The number of nitrogens with zero attached hydrogens (tertiary/aromatic N) is 2. The third kappa shape index (κ3) is 5.61. The van der Waals surface area contributed by atoms with Crippen LogP contribution >= 0.6 is 11.6 Å². The molecular formula is C22H24ClN5O3. The molecule has 0 unspecified atom stereocenters. The summed E-state index contributed by atoms with van der Waals surface area (Å²) in [7, 11) is 1.35. The van der Waals surface area contributed by atoms with Crippen LogP contribution in [0, 0.1) is 5.92 Å². The molecule has 1 aromatic heterocycles. The van der Waals surface area contributed by atoms with Gasteiger partial charge in [-0.3, -0.25) is 0 Å². The topological polar surface area (TPSA) is 105 Å². The molecule has 3 aromatic rings. The Labute approximate surface area is 185 Å². The zero-order valence-corrected chi connectivity index (χ0v) is 18.2. The molecule has 0 aliphatic carbocycles. The average Bonchev–Trinajstić information content (AvgIpc) is 2.76. The van der Waals surface area contributed by atoms with Gasteiger partial charge in [-0.05, 0) is 30.2 Å². The number of carbonyl (C=O) groups is 2. The molecule has 8 nitrogen and oxygen atoms in total. The van der Waals surface area contributed by atoms with E-state index < -0.39 is 12.1 Å². The van der Waals surface area contributed by atoms with Gasteiger partial charge in [-0.15, -0.1) is 0 Å². The first kappa shape index (κ1) is 22.3. The van der Waals surface area contributed by atoms with Crippen LogP contribution in [0.1, 0.15) is 19.7 Å². The third-order valence-corrected chi connectivity index (χ3v) is 4.92. The highest BCUT2D eigenvalue weighted by Gasteiger charge is 2.24. The SMILES string of the molecule is COC(=O)[C@@H](Nc1nc(CNC(=O)Nc2ccccc2Cl)nc2ccccc12)C(C)C. The Morgan fingerprint density at radius 2 is 1.77 bits per heavy atom. The summed E-state index contributed by atoms with van der Waals surface area (Å²) >= 11 is 6.07. The van der Waals surface area contributed by atoms with Crippen molar-refractivity contribution in [1.29, 1.82) is 0 Å². The highest BCUT2D eigenvalue weighted by molar-refractivity contribution is 6.33. The Morgan fingerprint density at radius 3 is 2.48 bits per heavy atom. The monoisotopic (exact) mass is 441 g/mol. The van der Waals surface area contributed by atoms with Gasteiger partial charge < -0.3 is 20.7 Å². The van der Waals surface area contributed by atoms with Gasteiger partial charge in [-0.2, -0.15) is 0 Å². The fourth-order valence-electron chi connectivity index (χ4n) is 2.97. The lowest BCUT2D eigenvalue weighted by molar-refractivity contribution is -0.142. The van der Waals surface area contributed by atoms with Gasteiger partial charge in [0.15, 0.2) is 5.82 Å². The molecule has 0 fully saturated rings. The molecule has 1 heterocycles. The van der Waals surface area contributed by atoms with Crippen molar-refractivity contribution in [3.63, 3.8) is 0 Å². The largest absolute Gasteiger partial charge is 0.467 e. The van der Waals surface area contributed by atoms with E-state index in [4.69, 9.17) is 16.3 Å². The highest BCUT2D eigenvalue weighted by atomic mass is 35.5. The number of urea groups is 1. The summed E-state index contributed by atoms with van der Waals surface area (Å²) < 4.78 is 4.91. The molecule has 0 aliphatic heterocycles. The van der Waals surface area contributed by atoms with E-state index in [-0.39, 0.29) is 18.4 Å². The summed E-state index contributed by atoms with van der Waals surface area (Å²) in [5.41, 5.74) is 1.19. The molecule has 1 atom stereocenters. The Kier molecular flexibility index (Phi) is 7.25. The van der Waals surface area contributed by atoms with Gasteiger partial charge in [-0.25, -0.2) is 19.6 Å². The molecule has 0 bridgehead atoms. The minimum atomic E-state index is -0.576. The van der Waals surface area contributed by atoms with E-state index in [0.29, 0.717) is 27.9 Å². The molecular weight excluding hydrogens is 418 g/mol. The van der Waals surface area contributed by atoms with Crippen LogP contribution in [0.4, 0.5) is 16.3 Å². The van der Waals surface area contributed by atoms with Crippen molar-refractivity contribution in [2.24, 2.45) is 5.92 Å². The summed E-state index contributed by atoms with van der Waals surface area (Å²) in [5.74, 6) is 0.488. The number of hydrogen-bond donors (Lipinski definition) is 3. The van der Waals surface area contributed by atoms with E-state index in [2.05, 4.69) is 25.9 Å². The molecule has 3 N–H and O–H groups in total. The van der Waals surface area contributed by atoms with Crippen LogP contribution in [-0.2, 0) is 16.1 Å². The first-order valence-corrected chi connectivity index (χ1v) is 10.2. The van der Waals surface area contributed by atoms with Crippen LogP contribution in [0.25, 0.3) is 10.9 Å². The zero-order valence-electron chi connectivity index (χ0n) is 17.5. The van der Waals surface area contributed by atoms with E-state index in [1.807, 2.05) is 38.1 Å². The van der Waals surface area contributed by atoms with Crippen molar-refractivity contribution in [1.82, 2.24) is 15.3 Å². The van der Waals surface area contributed by atoms with Crippen molar-refractivity contribution in [2.75, 3.05) is 17.7 Å². The standard InChI is InChI=1S/C22H24ClN5O3/c1-13(2)19(21(29)31-3)28-20-14-8-4-6-10-16(14)25-18(27-20)12-24-22(30)26-17-11-7-5-9-15(17)23/h4-11,13,19H,12H2,1-3H3,(H2,24,26,30)(H,25,27,28)/t19-/m0/s1. The number of amides is 2. The maximum atomic E-state index is 12.3. The summed E-state index contributed by atoms with van der Waals surface area (Å²) in [4.78, 5) is 33.5. The van der Waals surface area contributed by atoms with Crippen molar-refractivity contribution in [3.8, 4) is 0 Å². The van der Waals surface area contributed by atoms with Gasteiger partial charge in [0.05, 0.1) is 29.9 Å². The van der Waals surface area contributed by atoms with Gasteiger partial charge in [0, 0.05) is 5.39 Å². The second-order valence-corrected chi connectivity index (χ2v) is 7.59. The lowest BCUT2D eigenvalue weighted by Crippen LogP contribution is -2.36. The number of fused-ring (bicyclic) bond motifs is 1. The minimum absolute atomic E-state index is 0.0239. The van der Waals surface area contributed by atoms with Crippen molar-refractivity contribution in [3.05, 3.63) is 59.4 Å². The fraction of sp³-hybridized carbons (Fsp3) is 0.273. The van der Waals surface area contributed by atoms with Crippen LogP contribution in [0.3, 0.4) is 0 Å². The number of benzene rings is 2. The molecule has 0 radical (unpaired) electrons. The predicted octanol–water partition coefficient (Wildman–Crippen LogP) is 4.21. The lowest BCUT2D eigenvalue weighted by Gasteiger charge is -2.21. The molecule has 0 saturated carbocycles. The normalized spacial score (nSPS) is 11.8. The first-order chi connectivity index (χ1) is 14.9. The van der Waals surface area contributed by atoms with Crippen LogP contribution in [0.15, 0.2) is 48.5 Å². The second-order valence-electron chi connectivity index (χ2n) is 7.18. The van der Waals surface area contributed by atoms with E-state index in [0.717, 1.165) is 5.39 Å². The van der Waals surface area contributed by atoms with Gasteiger partial charge in [-0.1, -0.05) is 49.7 Å². The van der Waals surface area contributed by atoms with Crippen LogP contribution < -0.4 is 16.0 Å². The molecule has 9 heteroatoms. The summed E-state index contributed by atoms with van der Waals surface area (Å²) in [6.45, 7) is 3.92. The Balaban J connectivity index is 1.80. The van der Waals surface area contributed by atoms with Gasteiger partial charge >= 0.3 is 12.0 Å². The number of esters is 1. The van der Waals surface area contributed by atoms with Crippen LogP contribution in [0.5, 0.6) is 0 Å². The number of aromatic nitrogens is 2. The van der Waals surface area contributed by atoms with Crippen molar-refractivity contribution >= 4 is 46.0 Å². The maximum absolute atomic E-state index is 12.3. The van der Waals surface area contributed by atoms with Crippen LogP contribution in [0.2, 0.25) is 5.02 Å². The number of methoxy groups -OCH3 is 1. The molecule has 0 aliphatic rings. The summed E-state index contributed by atoms with van der Waals surface area (Å²) in [5, 5.41) is 9.79. The number of hydrogen-bond acceptors (Lipinski definition) is 6. The fourth-order valence-corrected chi connectivity index (χ4v) is 3.16. The molecule has 2 amide bonds. The maximum Gasteiger partial charge on any atom is 0.328 e. The minimum Gasteiger partial charge on any atom is -0.467 e. The molecule has 2 aromatic carbocycles. The van der Waals surface area contributed by atoms with Gasteiger partial charge in [0.25, 0.3) is 0 Å². The number of nitrogens with one attached hydrogen (secondary N) is 3. The Hall–Kier alpha value is -3.39. The molecule has 162 valence electrons. The Morgan fingerprint density at radius 1 is 1.06 bits per heavy atom. The lowest BCUT2D eigenvalue weighted by atomic mass is 10.0. The third-order valence-electron chi connectivity index (χ3n) is 4.59. The number of rotatable bonds is 7. The number of anilines is 2. The first-order valence-electron chi connectivity index (χ1n) is 9.78. The smallest absolute Gasteiger partial charge is 0.328 e. The molecule has 3 rings (SSSR count). The second kappa shape index (κ2) is 10.1. The van der Waals surface area contributed by atoms with E-state index in [1.54, 1.807) is 24.3 Å². The van der Waals surface area contributed by atoms with Gasteiger partial charge in [0.2, 0.25) is 0 Å². The van der Waals surface area contributed by atoms with E-state index in [1.165, 1.54) is 7.11 Å². The highest BCUT2D eigenvalue weighted by Crippen LogP contribution is 2.23. The molecule has 0 spiro atoms.